The van der Waals surface area contributed by atoms with Crippen LogP contribution in [-0.4, -0.2) is 23.1 Å². The Balaban J connectivity index is 2.11. The summed E-state index contributed by atoms with van der Waals surface area (Å²) in [4.78, 5) is 28.8. The Morgan fingerprint density at radius 3 is 2.80 bits per heavy atom. The third-order valence-electron chi connectivity index (χ3n) is 3.68. The van der Waals surface area contributed by atoms with Gasteiger partial charge in [-0.3, -0.25) is 9.59 Å². The summed E-state index contributed by atoms with van der Waals surface area (Å²) >= 11 is 1.37. The maximum atomic E-state index is 12.3. The molecule has 1 aromatic carbocycles. The van der Waals surface area contributed by atoms with Crippen LogP contribution in [0.3, 0.4) is 0 Å². The lowest BCUT2D eigenvalue weighted by molar-refractivity contribution is -0.143. The summed E-state index contributed by atoms with van der Waals surface area (Å²) in [5.41, 5.74) is 2.03. The second kappa shape index (κ2) is 7.48. The van der Waals surface area contributed by atoms with Crippen LogP contribution in [0.15, 0.2) is 46.0 Å². The van der Waals surface area contributed by atoms with Crippen LogP contribution in [0, 0.1) is 0 Å². The number of nitrogens with zero attached hydrogens (tertiary/aromatic N) is 2. The Labute approximate surface area is 148 Å². The normalized spacial score (nSPS) is 11.8. The maximum Gasteiger partial charge on any atom is 0.326 e. The summed E-state index contributed by atoms with van der Waals surface area (Å²) in [6.07, 6.45) is 2.33. The molecule has 3 aromatic rings. The third kappa shape index (κ3) is 3.71. The minimum absolute atomic E-state index is 0.00355. The van der Waals surface area contributed by atoms with Gasteiger partial charge >= 0.3 is 11.9 Å². The van der Waals surface area contributed by atoms with E-state index in [4.69, 9.17) is 9.15 Å². The van der Waals surface area contributed by atoms with Crippen LogP contribution in [0.2, 0.25) is 0 Å². The number of rotatable bonds is 5. The molecule has 3 rings (SSSR count). The Hall–Kier alpha value is -2.67. The average molecular weight is 358 g/mol. The van der Waals surface area contributed by atoms with Gasteiger partial charge in [-0.2, -0.15) is 4.99 Å². The molecule has 0 aliphatic carbocycles. The van der Waals surface area contributed by atoms with Crippen LogP contribution in [0.1, 0.15) is 30.0 Å². The lowest BCUT2D eigenvalue weighted by atomic mass is 10.2. The van der Waals surface area contributed by atoms with E-state index in [-0.39, 0.29) is 18.3 Å². The number of hydrogen-bond donors (Lipinski definition) is 0. The highest BCUT2D eigenvalue weighted by Crippen LogP contribution is 2.20. The highest BCUT2D eigenvalue weighted by Gasteiger charge is 2.14. The number of aryl methyl sites for hydroxylation is 1. The lowest BCUT2D eigenvalue weighted by Crippen LogP contribution is -2.23. The van der Waals surface area contributed by atoms with Crippen molar-refractivity contribution in [2.75, 3.05) is 6.61 Å². The van der Waals surface area contributed by atoms with Crippen LogP contribution in [0.5, 0.6) is 0 Å². The molecule has 0 N–H and O–H groups in total. The van der Waals surface area contributed by atoms with Gasteiger partial charge in [-0.15, -0.1) is 0 Å². The summed E-state index contributed by atoms with van der Waals surface area (Å²) in [5.74, 6) is -0.687. The third-order valence-corrected chi connectivity index (χ3v) is 4.72. The summed E-state index contributed by atoms with van der Waals surface area (Å²) in [6, 6.07) is 9.20. The molecule has 0 radical (unpaired) electrons. The molecular weight excluding hydrogens is 340 g/mol. The molecule has 6 nitrogen and oxygen atoms in total. The molecule has 130 valence electrons. The SMILES string of the molecule is CCOC(=O)Cn1c(=NC(=O)c2ccco2)sc2cc(CC)ccc21. The van der Waals surface area contributed by atoms with E-state index in [1.165, 1.54) is 23.2 Å². The highest BCUT2D eigenvalue weighted by molar-refractivity contribution is 7.16. The summed E-state index contributed by atoms with van der Waals surface area (Å²) in [6.45, 7) is 4.14. The first-order chi connectivity index (χ1) is 12.1. The minimum atomic E-state index is -0.482. The number of thiazole rings is 1. The van der Waals surface area contributed by atoms with E-state index >= 15 is 0 Å². The Bertz CT molecular complexity index is 967. The summed E-state index contributed by atoms with van der Waals surface area (Å²) in [5, 5.41) is 0. The van der Waals surface area contributed by atoms with Crippen LogP contribution in [-0.2, 0) is 22.5 Å². The van der Waals surface area contributed by atoms with Crippen molar-refractivity contribution in [1.29, 1.82) is 0 Å². The number of hydrogen-bond acceptors (Lipinski definition) is 5. The van der Waals surface area contributed by atoms with Crippen molar-refractivity contribution in [3.63, 3.8) is 0 Å². The molecule has 0 bridgehead atoms. The van der Waals surface area contributed by atoms with Crippen LogP contribution >= 0.6 is 11.3 Å². The number of furan rings is 1. The van der Waals surface area contributed by atoms with Gasteiger partial charge in [0, 0.05) is 0 Å². The van der Waals surface area contributed by atoms with E-state index in [0.717, 1.165) is 16.6 Å². The molecule has 1 amide bonds. The van der Waals surface area contributed by atoms with E-state index < -0.39 is 5.91 Å². The summed E-state index contributed by atoms with van der Waals surface area (Å²) < 4.78 is 12.8. The average Bonchev–Trinajstić information content (AvgIpc) is 3.23. The zero-order valence-electron chi connectivity index (χ0n) is 14.0. The van der Waals surface area contributed by atoms with Crippen LogP contribution < -0.4 is 4.80 Å². The van der Waals surface area contributed by atoms with Crippen molar-refractivity contribution in [3.05, 3.63) is 52.7 Å². The van der Waals surface area contributed by atoms with Crippen molar-refractivity contribution in [3.8, 4) is 0 Å². The Morgan fingerprint density at radius 2 is 2.12 bits per heavy atom. The molecule has 0 atom stereocenters. The molecular formula is C18H18N2O4S. The van der Waals surface area contributed by atoms with Crippen LogP contribution in [0.25, 0.3) is 10.2 Å². The van der Waals surface area contributed by atoms with Gasteiger partial charge in [0.15, 0.2) is 10.6 Å². The molecule has 0 saturated heterocycles. The van der Waals surface area contributed by atoms with E-state index in [9.17, 15) is 9.59 Å². The van der Waals surface area contributed by atoms with Gasteiger partial charge in [0.25, 0.3) is 0 Å². The van der Waals surface area contributed by atoms with E-state index in [1.807, 2.05) is 12.1 Å². The smallest absolute Gasteiger partial charge is 0.326 e. The van der Waals surface area contributed by atoms with Crippen molar-refractivity contribution < 1.29 is 18.7 Å². The molecule has 0 fully saturated rings. The summed E-state index contributed by atoms with van der Waals surface area (Å²) in [7, 11) is 0. The molecule has 0 aliphatic rings. The maximum absolute atomic E-state index is 12.3. The van der Waals surface area contributed by atoms with E-state index in [1.54, 1.807) is 23.6 Å². The number of carbonyl (C=O) groups is 2. The second-order valence-corrected chi connectivity index (χ2v) is 6.33. The topological polar surface area (TPSA) is 73.8 Å². The fraction of sp³-hybridized carbons (Fsp3) is 0.278. The van der Waals surface area contributed by atoms with Gasteiger partial charge in [0.2, 0.25) is 0 Å². The first-order valence-electron chi connectivity index (χ1n) is 8.02. The molecule has 7 heteroatoms. The van der Waals surface area contributed by atoms with Gasteiger partial charge in [0.1, 0.15) is 6.54 Å². The standard InChI is InChI=1S/C18H18N2O4S/c1-3-12-7-8-13-15(10-12)25-18(20(13)11-16(21)23-4-2)19-17(22)14-6-5-9-24-14/h5-10H,3-4,11H2,1-2H3. The molecule has 25 heavy (non-hydrogen) atoms. The zero-order valence-corrected chi connectivity index (χ0v) is 14.8. The molecule has 0 aliphatic heterocycles. The van der Waals surface area contributed by atoms with Gasteiger partial charge in [0.05, 0.1) is 23.1 Å². The number of esters is 1. The number of benzene rings is 1. The molecule has 0 unspecified atom stereocenters. The van der Waals surface area contributed by atoms with Gasteiger partial charge in [-0.05, 0) is 43.2 Å². The number of amides is 1. The minimum Gasteiger partial charge on any atom is -0.465 e. The predicted molar refractivity (Wildman–Crippen MR) is 94.4 cm³/mol. The largest absolute Gasteiger partial charge is 0.465 e. The van der Waals surface area contributed by atoms with Gasteiger partial charge in [-0.25, -0.2) is 0 Å². The number of aromatic nitrogens is 1. The molecule has 2 aromatic heterocycles. The number of ether oxygens (including phenoxy) is 1. The van der Waals surface area contributed by atoms with Crippen LogP contribution in [0.4, 0.5) is 0 Å². The van der Waals surface area contributed by atoms with Gasteiger partial charge in [-0.1, -0.05) is 24.3 Å². The van der Waals surface area contributed by atoms with Crippen molar-refractivity contribution in [2.45, 2.75) is 26.8 Å². The van der Waals surface area contributed by atoms with Crippen molar-refractivity contribution in [1.82, 2.24) is 4.57 Å². The molecule has 0 spiro atoms. The quantitative estimate of drug-likeness (QED) is 0.657. The van der Waals surface area contributed by atoms with Crippen molar-refractivity contribution >= 4 is 33.4 Å². The lowest BCUT2D eigenvalue weighted by Gasteiger charge is -2.05. The number of carbonyl (C=O) groups excluding carboxylic acids is 2. The monoisotopic (exact) mass is 358 g/mol. The predicted octanol–water partition coefficient (Wildman–Crippen LogP) is 3.16. The molecule has 0 saturated carbocycles. The number of fused-ring (bicyclic) bond motifs is 1. The second-order valence-electron chi connectivity index (χ2n) is 5.33. The van der Waals surface area contributed by atoms with E-state index in [0.29, 0.717) is 11.4 Å². The first-order valence-corrected chi connectivity index (χ1v) is 8.84. The first kappa shape index (κ1) is 17.2. The van der Waals surface area contributed by atoms with Crippen molar-refractivity contribution in [2.24, 2.45) is 4.99 Å². The Kier molecular flexibility index (Phi) is 5.14. The highest BCUT2D eigenvalue weighted by atomic mass is 32.1. The van der Waals surface area contributed by atoms with Gasteiger partial charge < -0.3 is 13.7 Å². The molecule has 2 heterocycles. The zero-order chi connectivity index (χ0) is 17.8. The fourth-order valence-corrected chi connectivity index (χ4v) is 3.55. The fourth-order valence-electron chi connectivity index (χ4n) is 2.45. The van der Waals surface area contributed by atoms with E-state index in [2.05, 4.69) is 18.0 Å². The Morgan fingerprint density at radius 1 is 1.28 bits per heavy atom.